The molecular weight excluding hydrogens is 997 g/mol. The Kier molecular flexibility index (Phi) is 24.1. The fraction of sp³-hybridized carbons (Fsp3) is 0.583. The maximum atomic E-state index is 15.0. The predicted octanol–water partition coefficient (Wildman–Crippen LogP) is 6.67. The highest BCUT2D eigenvalue weighted by Gasteiger charge is 2.43. The monoisotopic (exact) mass is 1080 g/mol. The molecule has 0 aliphatic carbocycles. The summed E-state index contributed by atoms with van der Waals surface area (Å²) in [4.78, 5) is 121. The standard InChI is InChI=1S/C60H84N6O12/c1-16-17-21-46-34-61-66(36-46)35-45-26-24-44(25-27-45)33-52-56(70)65(15)48(29-38(4)5)58(72)76-41(10)53(67)62(12)49(30-39(6)7)59(73)77-51(32-43-22-19-18-20-23-43)55(69)64(14)47(28-37(2)3)57(71)75-42(11)54(68)63(13)50(31-40(8)9)60(74)78-52/h18-20,22-27,34,36-42,47-52H,16,28-33,35H2,1-15H3/t41-,42-,47+,48+,49+,50+,51-,52-/m1/s1. The van der Waals surface area contributed by atoms with Gasteiger partial charge in [-0.15, -0.1) is 0 Å². The second-order valence-corrected chi connectivity index (χ2v) is 22.2. The van der Waals surface area contributed by atoms with Crippen LogP contribution >= 0.6 is 0 Å². The second kappa shape index (κ2) is 29.6. The number of cyclic esters (lactones) is 4. The molecule has 0 bridgehead atoms. The molecular formula is C60H84N6O12. The summed E-state index contributed by atoms with van der Waals surface area (Å²) in [7, 11) is 5.57. The Hall–Kier alpha value is -7.03. The lowest BCUT2D eigenvalue weighted by molar-refractivity contribution is -0.176. The Labute approximate surface area is 461 Å². The highest BCUT2D eigenvalue weighted by Crippen LogP contribution is 2.24. The van der Waals surface area contributed by atoms with Crippen molar-refractivity contribution in [1.29, 1.82) is 0 Å². The fourth-order valence-electron chi connectivity index (χ4n) is 9.20. The fourth-order valence-corrected chi connectivity index (χ4v) is 9.20. The van der Waals surface area contributed by atoms with Gasteiger partial charge in [0.05, 0.1) is 18.3 Å². The van der Waals surface area contributed by atoms with Crippen molar-refractivity contribution in [2.75, 3.05) is 28.2 Å². The van der Waals surface area contributed by atoms with Crippen molar-refractivity contribution in [3.63, 3.8) is 0 Å². The van der Waals surface area contributed by atoms with Crippen LogP contribution in [0.2, 0.25) is 0 Å². The van der Waals surface area contributed by atoms with E-state index in [0.29, 0.717) is 24.1 Å². The molecule has 3 aromatic rings. The normalized spacial score (nSPS) is 23.3. The number of likely N-dealkylation sites (N-methyl/N-ethyl adjacent to an activating group) is 4. The first-order chi connectivity index (χ1) is 36.7. The summed E-state index contributed by atoms with van der Waals surface area (Å²) >= 11 is 0. The van der Waals surface area contributed by atoms with Crippen molar-refractivity contribution in [2.45, 2.75) is 176 Å². The average Bonchev–Trinajstić information content (AvgIpc) is 3.86. The summed E-state index contributed by atoms with van der Waals surface area (Å²) in [6.45, 7) is 19.9. The lowest BCUT2D eigenvalue weighted by Crippen LogP contribution is -2.55. The predicted molar refractivity (Wildman–Crippen MR) is 294 cm³/mol. The minimum absolute atomic E-state index is 0.0851. The molecule has 8 atom stereocenters. The van der Waals surface area contributed by atoms with Crippen LogP contribution in [0.3, 0.4) is 0 Å². The van der Waals surface area contributed by atoms with Crippen molar-refractivity contribution in [3.8, 4) is 11.8 Å². The third-order valence-electron chi connectivity index (χ3n) is 13.6. The summed E-state index contributed by atoms with van der Waals surface area (Å²) in [5.74, 6) is -1.23. The molecule has 0 saturated carbocycles. The lowest BCUT2D eigenvalue weighted by Gasteiger charge is -2.35. The van der Waals surface area contributed by atoms with Gasteiger partial charge in [0.15, 0.2) is 24.4 Å². The molecule has 0 spiro atoms. The molecule has 78 heavy (non-hydrogen) atoms. The average molecular weight is 1080 g/mol. The number of esters is 4. The van der Waals surface area contributed by atoms with E-state index in [-0.39, 0.29) is 62.2 Å². The number of amides is 4. The quantitative estimate of drug-likeness (QED) is 0.0942. The van der Waals surface area contributed by atoms with Gasteiger partial charge in [-0.05, 0) is 79.9 Å². The molecule has 0 unspecified atom stereocenters. The van der Waals surface area contributed by atoms with Gasteiger partial charge >= 0.3 is 23.9 Å². The molecule has 1 fully saturated rings. The summed E-state index contributed by atoms with van der Waals surface area (Å²) in [6.07, 6.45) is -1.58. The zero-order chi connectivity index (χ0) is 58.1. The van der Waals surface area contributed by atoms with Gasteiger partial charge in [-0.3, -0.25) is 23.9 Å². The third kappa shape index (κ3) is 18.3. The number of carbonyl (C=O) groups is 8. The SMILES string of the molecule is CCC#Cc1cnn(Cc2ccc(C[C@H]3OC(=O)[C@H](CC(C)C)N(C)C(=O)[C@@H](C)OC(=O)[C@H](CC(C)C)N(C)C(=O)[C@@H](Cc4ccccc4)OC(=O)[C@H](CC(C)C)N(C)C(=O)[C@@H](C)OC(=O)[C@H](CC(C)C)N(C)C3=O)cc2)c1. The lowest BCUT2D eigenvalue weighted by atomic mass is 9.99. The highest BCUT2D eigenvalue weighted by atomic mass is 16.6. The zero-order valence-electron chi connectivity index (χ0n) is 48.5. The largest absolute Gasteiger partial charge is 0.451 e. The number of hydrogen-bond donors (Lipinski definition) is 0. The van der Waals surface area contributed by atoms with E-state index in [1.54, 1.807) is 53.3 Å². The first-order valence-electron chi connectivity index (χ1n) is 27.2. The van der Waals surface area contributed by atoms with E-state index in [4.69, 9.17) is 18.9 Å². The molecule has 1 aliphatic heterocycles. The van der Waals surface area contributed by atoms with E-state index in [2.05, 4.69) is 16.9 Å². The number of rotatable bonds is 14. The van der Waals surface area contributed by atoms with E-state index in [1.807, 2.05) is 80.6 Å². The Morgan fingerprint density at radius 3 is 1.21 bits per heavy atom. The Morgan fingerprint density at radius 2 is 0.833 bits per heavy atom. The smallest absolute Gasteiger partial charge is 0.329 e. The van der Waals surface area contributed by atoms with E-state index in [0.717, 1.165) is 30.7 Å². The van der Waals surface area contributed by atoms with Crippen LogP contribution in [0.25, 0.3) is 0 Å². The van der Waals surface area contributed by atoms with E-state index in [1.165, 1.54) is 42.0 Å². The van der Waals surface area contributed by atoms with Crippen LogP contribution in [0, 0.1) is 35.5 Å². The Bertz CT molecular complexity index is 2570. The first-order valence-corrected chi connectivity index (χ1v) is 27.2. The van der Waals surface area contributed by atoms with Crippen LogP contribution in [-0.4, -0.2) is 154 Å². The zero-order valence-corrected chi connectivity index (χ0v) is 48.5. The number of carbonyl (C=O) groups excluding carboxylic acids is 8. The van der Waals surface area contributed by atoms with Crippen molar-refractivity contribution in [2.24, 2.45) is 23.7 Å². The molecule has 2 heterocycles. The van der Waals surface area contributed by atoms with Gasteiger partial charge < -0.3 is 38.5 Å². The molecule has 4 amide bonds. The van der Waals surface area contributed by atoms with Crippen molar-refractivity contribution in [3.05, 3.63) is 89.2 Å². The first kappa shape index (κ1) is 63.5. The number of ether oxygens (including phenoxy) is 4. The maximum absolute atomic E-state index is 15.0. The summed E-state index contributed by atoms with van der Waals surface area (Å²) in [5.41, 5.74) is 2.93. The molecule has 18 nitrogen and oxygen atoms in total. The van der Waals surface area contributed by atoms with E-state index in [9.17, 15) is 38.4 Å². The Morgan fingerprint density at radius 1 is 0.487 bits per heavy atom. The van der Waals surface area contributed by atoms with Crippen molar-refractivity contribution in [1.82, 2.24) is 29.4 Å². The molecule has 426 valence electrons. The molecule has 1 aromatic heterocycles. The third-order valence-corrected chi connectivity index (χ3v) is 13.6. The molecule has 4 rings (SSSR count). The number of hydrogen-bond acceptors (Lipinski definition) is 13. The maximum Gasteiger partial charge on any atom is 0.329 e. The summed E-state index contributed by atoms with van der Waals surface area (Å²) in [6, 6.07) is 11.1. The molecule has 0 N–H and O–H groups in total. The van der Waals surface area contributed by atoms with E-state index >= 15 is 0 Å². The number of aromatic nitrogens is 2. The molecule has 1 aliphatic rings. The molecule has 2 aromatic carbocycles. The van der Waals surface area contributed by atoms with Gasteiger partial charge in [-0.25, -0.2) is 19.2 Å². The van der Waals surface area contributed by atoms with Gasteiger partial charge in [0.25, 0.3) is 23.6 Å². The van der Waals surface area contributed by atoms with Crippen LogP contribution in [0.5, 0.6) is 0 Å². The van der Waals surface area contributed by atoms with E-state index < -0.39 is 96.1 Å². The van der Waals surface area contributed by atoms with Crippen LogP contribution in [0.15, 0.2) is 67.0 Å². The molecule has 18 heteroatoms. The van der Waals surface area contributed by atoms with Gasteiger partial charge in [0, 0.05) is 53.6 Å². The van der Waals surface area contributed by atoms with Gasteiger partial charge in [0.2, 0.25) is 0 Å². The summed E-state index contributed by atoms with van der Waals surface area (Å²) < 4.78 is 25.8. The van der Waals surface area contributed by atoms with Gasteiger partial charge in [-0.1, -0.05) is 129 Å². The number of nitrogens with zero attached hydrogens (tertiary/aromatic N) is 6. The topological polar surface area (TPSA) is 204 Å². The Balaban J connectivity index is 1.84. The van der Waals surface area contributed by atoms with Crippen molar-refractivity contribution < 1.29 is 57.3 Å². The highest BCUT2D eigenvalue weighted by molar-refractivity contribution is 5.94. The van der Waals surface area contributed by atoms with Crippen LogP contribution in [-0.2, 0) is 76.7 Å². The van der Waals surface area contributed by atoms with Gasteiger partial charge in [-0.2, -0.15) is 5.10 Å². The van der Waals surface area contributed by atoms with Gasteiger partial charge in [0.1, 0.15) is 24.2 Å². The van der Waals surface area contributed by atoms with Crippen molar-refractivity contribution >= 4 is 47.5 Å². The minimum atomic E-state index is -1.54. The van der Waals surface area contributed by atoms with Crippen LogP contribution < -0.4 is 0 Å². The molecule has 0 radical (unpaired) electrons. The minimum Gasteiger partial charge on any atom is -0.451 e. The van der Waals surface area contributed by atoms with Crippen LogP contribution in [0.4, 0.5) is 0 Å². The second-order valence-electron chi connectivity index (χ2n) is 22.2. The summed E-state index contributed by atoms with van der Waals surface area (Å²) in [5, 5.41) is 4.42. The molecule has 1 saturated heterocycles. The van der Waals surface area contributed by atoms with Crippen LogP contribution in [0.1, 0.15) is 131 Å². The number of benzene rings is 2.